The Balaban J connectivity index is 1.62. The SMILES string of the molecule is CC[C@@H]1C(C)O[C@@H](OC2C[C@@H]3C(C)[C@H](OC)OC(C)[C@@H]23)C(C)[C@H]1C. The summed E-state index contributed by atoms with van der Waals surface area (Å²) in [6.45, 7) is 13.5. The van der Waals surface area contributed by atoms with E-state index in [-0.39, 0.29) is 30.9 Å². The van der Waals surface area contributed by atoms with E-state index < -0.39 is 0 Å². The molecule has 3 fully saturated rings. The molecule has 2 aliphatic heterocycles. The minimum absolute atomic E-state index is 0.0718. The first-order chi connectivity index (χ1) is 11.4. The standard InChI is InChI=1S/C20H36O4/c1-8-15-10(2)11(3)20(22-13(15)5)24-17-9-16-12(4)19(21-7)23-14(6)18(16)17/h10-20H,8-9H2,1-7H3/t10-,11?,12?,13?,14?,15+,16-,17?,18-,19-,20+/m1/s1. The normalized spacial score (nSPS) is 54.9. The van der Waals surface area contributed by atoms with E-state index in [0.29, 0.717) is 35.5 Å². The van der Waals surface area contributed by atoms with E-state index in [9.17, 15) is 0 Å². The lowest BCUT2D eigenvalue weighted by atomic mass is 9.61. The fourth-order valence-electron chi connectivity index (χ4n) is 5.46. The molecule has 0 N–H and O–H groups in total. The van der Waals surface area contributed by atoms with E-state index in [1.165, 1.54) is 6.42 Å². The molecule has 11 atom stereocenters. The van der Waals surface area contributed by atoms with E-state index >= 15 is 0 Å². The van der Waals surface area contributed by atoms with Crippen molar-refractivity contribution >= 4 is 0 Å². The largest absolute Gasteiger partial charge is 0.356 e. The monoisotopic (exact) mass is 340 g/mol. The molecule has 0 bridgehead atoms. The van der Waals surface area contributed by atoms with Gasteiger partial charge in [-0.1, -0.05) is 34.1 Å². The number of fused-ring (bicyclic) bond motifs is 1. The molecular weight excluding hydrogens is 304 g/mol. The molecule has 3 rings (SSSR count). The summed E-state index contributed by atoms with van der Waals surface area (Å²) in [5.74, 6) is 3.25. The maximum absolute atomic E-state index is 6.49. The van der Waals surface area contributed by atoms with Gasteiger partial charge >= 0.3 is 0 Å². The quantitative estimate of drug-likeness (QED) is 0.773. The second-order valence-electron chi connectivity index (χ2n) is 8.46. The van der Waals surface area contributed by atoms with Crippen LogP contribution in [0.15, 0.2) is 0 Å². The molecule has 0 spiro atoms. The predicted molar refractivity (Wildman–Crippen MR) is 93.4 cm³/mol. The van der Waals surface area contributed by atoms with Crippen molar-refractivity contribution in [1.82, 2.24) is 0 Å². The van der Waals surface area contributed by atoms with Gasteiger partial charge in [-0.15, -0.1) is 0 Å². The average molecular weight is 341 g/mol. The summed E-state index contributed by atoms with van der Waals surface area (Å²) in [6.07, 6.45) is 2.85. The third-order valence-corrected chi connectivity index (χ3v) is 7.32. The van der Waals surface area contributed by atoms with Gasteiger partial charge in [0.25, 0.3) is 0 Å². The number of methoxy groups -OCH3 is 1. The van der Waals surface area contributed by atoms with Crippen LogP contribution in [0.2, 0.25) is 0 Å². The Morgan fingerprint density at radius 1 is 0.875 bits per heavy atom. The molecule has 0 aromatic rings. The van der Waals surface area contributed by atoms with Crippen LogP contribution in [-0.2, 0) is 18.9 Å². The van der Waals surface area contributed by atoms with E-state index in [1.54, 1.807) is 7.11 Å². The molecule has 24 heavy (non-hydrogen) atoms. The van der Waals surface area contributed by atoms with Crippen LogP contribution in [0.1, 0.15) is 54.4 Å². The number of hydrogen-bond acceptors (Lipinski definition) is 4. The summed E-state index contributed by atoms with van der Waals surface area (Å²) in [4.78, 5) is 0. The molecule has 140 valence electrons. The maximum atomic E-state index is 6.49. The molecule has 0 amide bonds. The highest BCUT2D eigenvalue weighted by molar-refractivity contribution is 5.00. The van der Waals surface area contributed by atoms with Gasteiger partial charge in [0, 0.05) is 24.9 Å². The summed E-state index contributed by atoms with van der Waals surface area (Å²) < 4.78 is 24.3. The fourth-order valence-corrected chi connectivity index (χ4v) is 5.46. The van der Waals surface area contributed by atoms with Gasteiger partial charge in [-0.2, -0.15) is 0 Å². The highest BCUT2D eigenvalue weighted by atomic mass is 16.7. The molecule has 0 radical (unpaired) electrons. The van der Waals surface area contributed by atoms with Crippen LogP contribution >= 0.6 is 0 Å². The number of hydrogen-bond donors (Lipinski definition) is 0. The van der Waals surface area contributed by atoms with Crippen molar-refractivity contribution in [2.75, 3.05) is 7.11 Å². The summed E-state index contributed by atoms with van der Waals surface area (Å²) in [7, 11) is 1.74. The molecule has 4 nitrogen and oxygen atoms in total. The second kappa shape index (κ2) is 7.22. The zero-order chi connectivity index (χ0) is 17.6. The second-order valence-corrected chi connectivity index (χ2v) is 8.46. The van der Waals surface area contributed by atoms with E-state index in [1.807, 2.05) is 0 Å². The summed E-state index contributed by atoms with van der Waals surface area (Å²) in [5, 5.41) is 0. The van der Waals surface area contributed by atoms with Crippen molar-refractivity contribution in [3.8, 4) is 0 Å². The van der Waals surface area contributed by atoms with Gasteiger partial charge < -0.3 is 18.9 Å². The highest BCUT2D eigenvalue weighted by Gasteiger charge is 2.55. The van der Waals surface area contributed by atoms with Crippen LogP contribution in [0.3, 0.4) is 0 Å². The Labute approximate surface area is 147 Å². The van der Waals surface area contributed by atoms with Crippen molar-refractivity contribution in [2.24, 2.45) is 35.5 Å². The third-order valence-electron chi connectivity index (χ3n) is 7.32. The van der Waals surface area contributed by atoms with Crippen LogP contribution < -0.4 is 0 Å². The molecular formula is C20H36O4. The van der Waals surface area contributed by atoms with Gasteiger partial charge in [0.2, 0.25) is 0 Å². The van der Waals surface area contributed by atoms with Crippen molar-refractivity contribution in [3.63, 3.8) is 0 Å². The van der Waals surface area contributed by atoms with Crippen LogP contribution in [0, 0.1) is 35.5 Å². The van der Waals surface area contributed by atoms with Crippen molar-refractivity contribution in [1.29, 1.82) is 0 Å². The minimum atomic E-state index is -0.0774. The van der Waals surface area contributed by atoms with E-state index in [2.05, 4.69) is 41.5 Å². The van der Waals surface area contributed by atoms with Gasteiger partial charge in [-0.3, -0.25) is 0 Å². The Kier molecular flexibility index (Phi) is 5.60. The van der Waals surface area contributed by atoms with E-state index in [4.69, 9.17) is 18.9 Å². The lowest BCUT2D eigenvalue weighted by Crippen LogP contribution is -2.60. The first kappa shape index (κ1) is 18.6. The fraction of sp³-hybridized carbons (Fsp3) is 1.00. The lowest BCUT2D eigenvalue weighted by molar-refractivity contribution is -0.328. The van der Waals surface area contributed by atoms with Crippen molar-refractivity contribution < 1.29 is 18.9 Å². The Morgan fingerprint density at radius 3 is 2.17 bits per heavy atom. The van der Waals surface area contributed by atoms with Crippen LogP contribution in [0.4, 0.5) is 0 Å². The average Bonchev–Trinajstić information content (AvgIpc) is 2.52. The van der Waals surface area contributed by atoms with Gasteiger partial charge in [0.05, 0.1) is 18.3 Å². The summed E-state index contributed by atoms with van der Waals surface area (Å²) in [5.41, 5.74) is 0. The van der Waals surface area contributed by atoms with Crippen molar-refractivity contribution in [3.05, 3.63) is 0 Å². The Hall–Kier alpha value is -0.160. The maximum Gasteiger partial charge on any atom is 0.161 e. The first-order valence-corrected chi connectivity index (χ1v) is 9.88. The Bertz CT molecular complexity index is 428. The predicted octanol–water partition coefficient (Wildman–Crippen LogP) is 4.08. The smallest absolute Gasteiger partial charge is 0.161 e. The molecule has 1 aliphatic carbocycles. The van der Waals surface area contributed by atoms with Gasteiger partial charge in [-0.05, 0) is 38.0 Å². The highest BCUT2D eigenvalue weighted by Crippen LogP contribution is 2.51. The first-order valence-electron chi connectivity index (χ1n) is 9.88. The molecule has 4 heteroatoms. The summed E-state index contributed by atoms with van der Waals surface area (Å²) in [6, 6.07) is 0. The van der Waals surface area contributed by atoms with Gasteiger partial charge in [-0.25, -0.2) is 0 Å². The molecule has 0 aromatic heterocycles. The van der Waals surface area contributed by atoms with Gasteiger partial charge in [0.15, 0.2) is 12.6 Å². The molecule has 3 aliphatic rings. The summed E-state index contributed by atoms with van der Waals surface area (Å²) >= 11 is 0. The molecule has 2 heterocycles. The van der Waals surface area contributed by atoms with Crippen molar-refractivity contribution in [2.45, 2.75) is 85.3 Å². The van der Waals surface area contributed by atoms with Crippen LogP contribution in [-0.4, -0.2) is 38.0 Å². The third kappa shape index (κ3) is 3.04. The number of rotatable bonds is 4. The van der Waals surface area contributed by atoms with E-state index in [0.717, 1.165) is 6.42 Å². The zero-order valence-electron chi connectivity index (χ0n) is 16.4. The van der Waals surface area contributed by atoms with Gasteiger partial charge in [0.1, 0.15) is 0 Å². The molecule has 2 saturated heterocycles. The zero-order valence-corrected chi connectivity index (χ0v) is 16.4. The molecule has 5 unspecified atom stereocenters. The van der Waals surface area contributed by atoms with Crippen LogP contribution in [0.5, 0.6) is 0 Å². The number of ether oxygens (including phenoxy) is 4. The lowest BCUT2D eigenvalue weighted by Gasteiger charge is -2.56. The minimum Gasteiger partial charge on any atom is -0.356 e. The van der Waals surface area contributed by atoms with Crippen LogP contribution in [0.25, 0.3) is 0 Å². The molecule has 1 saturated carbocycles. The molecule has 0 aromatic carbocycles. The topological polar surface area (TPSA) is 36.9 Å². The Morgan fingerprint density at radius 2 is 1.54 bits per heavy atom.